The monoisotopic (exact) mass is 313 g/mol. The molecule has 4 heteroatoms. The Morgan fingerprint density at radius 1 is 1.44 bits per heavy atom. The van der Waals surface area contributed by atoms with Crippen LogP contribution < -0.4 is 5.32 Å². The van der Waals surface area contributed by atoms with Crippen molar-refractivity contribution in [3.05, 3.63) is 33.8 Å². The first-order valence-electron chi connectivity index (χ1n) is 6.12. The molecule has 0 radical (unpaired) electrons. The van der Waals surface area contributed by atoms with E-state index in [0.29, 0.717) is 11.5 Å². The number of carbonyl (C=O) groups is 1. The van der Waals surface area contributed by atoms with Crippen molar-refractivity contribution in [3.8, 4) is 0 Å². The first-order valence-corrected chi connectivity index (χ1v) is 6.91. The fourth-order valence-electron chi connectivity index (χ4n) is 1.82. The van der Waals surface area contributed by atoms with Crippen molar-refractivity contribution in [2.45, 2.75) is 33.2 Å². The highest BCUT2D eigenvalue weighted by Crippen LogP contribution is 2.18. The molecule has 1 amide bonds. The number of halogens is 1. The summed E-state index contributed by atoms with van der Waals surface area (Å²) in [5, 5.41) is 12.1. The molecule has 3 nitrogen and oxygen atoms in total. The van der Waals surface area contributed by atoms with E-state index < -0.39 is 0 Å². The minimum atomic E-state index is -0.189. The van der Waals surface area contributed by atoms with Gasteiger partial charge in [-0.1, -0.05) is 19.9 Å². The minimum absolute atomic E-state index is 0.0343. The highest BCUT2D eigenvalue weighted by atomic mass is 79.9. The van der Waals surface area contributed by atoms with Gasteiger partial charge in [-0.15, -0.1) is 0 Å². The molecule has 0 aromatic heterocycles. The zero-order valence-electron chi connectivity index (χ0n) is 11.0. The Hall–Kier alpha value is -0.870. The molecule has 0 saturated carbocycles. The number of rotatable bonds is 5. The van der Waals surface area contributed by atoms with Crippen molar-refractivity contribution in [1.82, 2.24) is 5.32 Å². The third-order valence-electron chi connectivity index (χ3n) is 2.68. The van der Waals surface area contributed by atoms with E-state index in [1.807, 2.05) is 19.1 Å². The minimum Gasteiger partial charge on any atom is -0.394 e. The predicted molar refractivity (Wildman–Crippen MR) is 76.7 cm³/mol. The normalized spacial score (nSPS) is 12.6. The van der Waals surface area contributed by atoms with Gasteiger partial charge in [-0.05, 0) is 52.9 Å². The lowest BCUT2D eigenvalue weighted by molar-refractivity contribution is 0.0907. The molecule has 1 rings (SSSR count). The lowest BCUT2D eigenvalue weighted by atomic mass is 10.0. The number of aliphatic hydroxyl groups is 1. The number of aliphatic hydroxyl groups excluding tert-OH is 1. The number of hydrogen-bond acceptors (Lipinski definition) is 2. The van der Waals surface area contributed by atoms with Gasteiger partial charge < -0.3 is 10.4 Å². The predicted octanol–water partition coefficient (Wildman–Crippen LogP) is 2.89. The number of hydrogen-bond donors (Lipinski definition) is 2. The van der Waals surface area contributed by atoms with Crippen LogP contribution in [-0.2, 0) is 0 Å². The van der Waals surface area contributed by atoms with Crippen molar-refractivity contribution in [2.24, 2.45) is 5.92 Å². The number of amides is 1. The number of aryl methyl sites for hydroxylation is 1. The molecule has 0 saturated heterocycles. The standard InChI is InChI=1S/C14H20BrNO2/c1-9(2)6-11(8-17)16-14(18)12-5-4-10(3)7-13(12)15/h4-5,7,9,11,17H,6,8H2,1-3H3,(H,16,18). The van der Waals surface area contributed by atoms with E-state index in [1.165, 1.54) is 0 Å². The molecule has 100 valence electrons. The van der Waals surface area contributed by atoms with Gasteiger partial charge in [0.15, 0.2) is 0 Å². The molecule has 2 N–H and O–H groups in total. The smallest absolute Gasteiger partial charge is 0.252 e. The molecule has 1 aromatic rings. The van der Waals surface area contributed by atoms with Crippen molar-refractivity contribution >= 4 is 21.8 Å². The average molecular weight is 314 g/mol. The molecule has 0 spiro atoms. The van der Waals surface area contributed by atoms with Gasteiger partial charge in [-0.2, -0.15) is 0 Å². The molecule has 1 atom stereocenters. The summed E-state index contributed by atoms with van der Waals surface area (Å²) in [6.45, 7) is 6.07. The van der Waals surface area contributed by atoms with E-state index >= 15 is 0 Å². The SMILES string of the molecule is Cc1ccc(C(=O)NC(CO)CC(C)C)c(Br)c1. The molecular formula is C14H20BrNO2. The largest absolute Gasteiger partial charge is 0.394 e. The molecule has 0 bridgehead atoms. The zero-order valence-corrected chi connectivity index (χ0v) is 12.6. The van der Waals surface area contributed by atoms with Gasteiger partial charge in [0.2, 0.25) is 0 Å². The van der Waals surface area contributed by atoms with Crippen LogP contribution >= 0.6 is 15.9 Å². The van der Waals surface area contributed by atoms with Gasteiger partial charge in [0.05, 0.1) is 18.2 Å². The molecule has 1 unspecified atom stereocenters. The van der Waals surface area contributed by atoms with Gasteiger partial charge in [0.25, 0.3) is 5.91 Å². The van der Waals surface area contributed by atoms with Crippen LogP contribution in [0.4, 0.5) is 0 Å². The van der Waals surface area contributed by atoms with Crippen LogP contribution in [0.15, 0.2) is 22.7 Å². The Labute approximate surface area is 117 Å². The van der Waals surface area contributed by atoms with E-state index in [2.05, 4.69) is 35.1 Å². The molecule has 1 aromatic carbocycles. The van der Waals surface area contributed by atoms with Crippen LogP contribution in [0.3, 0.4) is 0 Å². The van der Waals surface area contributed by atoms with Crippen LogP contribution in [0.1, 0.15) is 36.2 Å². The maximum Gasteiger partial charge on any atom is 0.252 e. The molecule has 0 aliphatic rings. The Balaban J connectivity index is 2.74. The van der Waals surface area contributed by atoms with Crippen LogP contribution in [0.5, 0.6) is 0 Å². The molecule has 0 heterocycles. The van der Waals surface area contributed by atoms with Crippen LogP contribution in [0, 0.1) is 12.8 Å². The highest BCUT2D eigenvalue weighted by Gasteiger charge is 2.16. The summed E-state index contributed by atoms with van der Waals surface area (Å²) < 4.78 is 0.779. The third-order valence-corrected chi connectivity index (χ3v) is 3.34. The Morgan fingerprint density at radius 3 is 2.61 bits per heavy atom. The fourth-order valence-corrected chi connectivity index (χ4v) is 2.49. The van der Waals surface area contributed by atoms with Crippen LogP contribution in [0.2, 0.25) is 0 Å². The highest BCUT2D eigenvalue weighted by molar-refractivity contribution is 9.10. The summed E-state index contributed by atoms with van der Waals surface area (Å²) in [7, 11) is 0. The first-order chi connectivity index (χ1) is 8.43. The van der Waals surface area contributed by atoms with E-state index in [4.69, 9.17) is 0 Å². The quantitative estimate of drug-likeness (QED) is 0.878. The molecule has 18 heavy (non-hydrogen) atoms. The Morgan fingerprint density at radius 2 is 2.11 bits per heavy atom. The second-order valence-corrected chi connectivity index (χ2v) is 5.82. The summed E-state index contributed by atoms with van der Waals surface area (Å²) >= 11 is 3.39. The summed E-state index contributed by atoms with van der Waals surface area (Å²) in [5.74, 6) is 0.283. The third kappa shape index (κ3) is 4.42. The van der Waals surface area contributed by atoms with Crippen molar-refractivity contribution in [2.75, 3.05) is 6.61 Å². The maximum absolute atomic E-state index is 12.1. The van der Waals surface area contributed by atoms with E-state index in [-0.39, 0.29) is 18.6 Å². The lowest BCUT2D eigenvalue weighted by Crippen LogP contribution is -2.38. The topological polar surface area (TPSA) is 49.3 Å². The second-order valence-electron chi connectivity index (χ2n) is 4.97. The van der Waals surface area contributed by atoms with Crippen LogP contribution in [-0.4, -0.2) is 23.7 Å². The second kappa shape index (κ2) is 6.90. The Bertz CT molecular complexity index is 418. The van der Waals surface area contributed by atoms with Gasteiger partial charge in [0.1, 0.15) is 0 Å². The number of nitrogens with one attached hydrogen (secondary N) is 1. The molecule has 0 aliphatic carbocycles. The van der Waals surface area contributed by atoms with Gasteiger partial charge >= 0.3 is 0 Å². The lowest BCUT2D eigenvalue weighted by Gasteiger charge is -2.18. The van der Waals surface area contributed by atoms with Crippen molar-refractivity contribution < 1.29 is 9.90 Å². The van der Waals surface area contributed by atoms with Crippen molar-refractivity contribution in [1.29, 1.82) is 0 Å². The van der Waals surface area contributed by atoms with Crippen LogP contribution in [0.25, 0.3) is 0 Å². The number of benzene rings is 1. The van der Waals surface area contributed by atoms with E-state index in [1.54, 1.807) is 6.07 Å². The van der Waals surface area contributed by atoms with Crippen molar-refractivity contribution in [3.63, 3.8) is 0 Å². The number of carbonyl (C=O) groups excluding carboxylic acids is 1. The summed E-state index contributed by atoms with van der Waals surface area (Å²) in [5.41, 5.74) is 1.70. The summed E-state index contributed by atoms with van der Waals surface area (Å²) in [6, 6.07) is 5.41. The molecular weight excluding hydrogens is 294 g/mol. The molecule has 0 fully saturated rings. The van der Waals surface area contributed by atoms with E-state index in [0.717, 1.165) is 16.5 Å². The van der Waals surface area contributed by atoms with Gasteiger partial charge in [-0.3, -0.25) is 4.79 Å². The Kier molecular flexibility index (Phi) is 5.82. The summed E-state index contributed by atoms with van der Waals surface area (Å²) in [6.07, 6.45) is 0.770. The fraction of sp³-hybridized carbons (Fsp3) is 0.500. The maximum atomic E-state index is 12.1. The van der Waals surface area contributed by atoms with Gasteiger partial charge in [0, 0.05) is 4.47 Å². The first kappa shape index (κ1) is 15.2. The zero-order chi connectivity index (χ0) is 13.7. The summed E-state index contributed by atoms with van der Waals surface area (Å²) in [4.78, 5) is 12.1. The van der Waals surface area contributed by atoms with E-state index in [9.17, 15) is 9.90 Å². The molecule has 0 aliphatic heterocycles. The average Bonchev–Trinajstić information content (AvgIpc) is 2.27. The van der Waals surface area contributed by atoms with Gasteiger partial charge in [-0.25, -0.2) is 0 Å².